The van der Waals surface area contributed by atoms with Gasteiger partial charge in [0.15, 0.2) is 11.5 Å². The molecule has 2 aromatic heterocycles. The number of aromatic nitrogens is 5. The number of nitrogen functional groups attached to an aromatic ring is 1. The first-order chi connectivity index (χ1) is 16.0. The van der Waals surface area contributed by atoms with Crippen LogP contribution in [-0.2, 0) is 13.1 Å². The third-order valence-electron chi connectivity index (χ3n) is 5.35. The fraction of sp³-hybridized carbons (Fsp3) is 0.174. The monoisotopic (exact) mass is 447 g/mol. The summed E-state index contributed by atoms with van der Waals surface area (Å²) in [6.45, 7) is 2.90. The lowest BCUT2D eigenvalue weighted by atomic mass is 10.2. The van der Waals surface area contributed by atoms with Crippen molar-refractivity contribution in [2.45, 2.75) is 20.0 Å². The Hall–Kier alpha value is -4.47. The Morgan fingerprint density at radius 2 is 1.94 bits per heavy atom. The van der Waals surface area contributed by atoms with E-state index in [0.717, 1.165) is 32.9 Å². The van der Waals surface area contributed by atoms with Crippen molar-refractivity contribution in [2.75, 3.05) is 12.5 Å². The summed E-state index contributed by atoms with van der Waals surface area (Å²) in [5.74, 6) is 1.95. The molecule has 0 amide bonds. The summed E-state index contributed by atoms with van der Waals surface area (Å²) in [6, 6.07) is 14.6. The quantitative estimate of drug-likeness (QED) is 0.386. The van der Waals surface area contributed by atoms with E-state index in [2.05, 4.69) is 10.1 Å². The summed E-state index contributed by atoms with van der Waals surface area (Å²) in [5.41, 5.74) is 8.43. The van der Waals surface area contributed by atoms with E-state index >= 15 is 0 Å². The smallest absolute Gasteiger partial charge is 0.353 e. The van der Waals surface area contributed by atoms with Crippen LogP contribution in [0.4, 0.5) is 5.95 Å². The zero-order valence-corrected chi connectivity index (χ0v) is 17.9. The van der Waals surface area contributed by atoms with Crippen LogP contribution < -0.4 is 31.2 Å². The molecule has 0 unspecified atom stereocenters. The first kappa shape index (κ1) is 20.4. The van der Waals surface area contributed by atoms with Crippen LogP contribution in [0.3, 0.4) is 0 Å². The second-order valence-corrected chi connectivity index (χ2v) is 7.86. The minimum Gasteiger partial charge on any atom is -0.454 e. The Bertz CT molecular complexity index is 1460. The van der Waals surface area contributed by atoms with E-state index in [0.29, 0.717) is 18.2 Å². The van der Waals surface area contributed by atoms with Gasteiger partial charge in [-0.05, 0) is 48.4 Å². The van der Waals surface area contributed by atoms with E-state index in [-0.39, 0.29) is 13.3 Å². The van der Waals surface area contributed by atoms with Crippen LogP contribution in [0.1, 0.15) is 18.2 Å². The number of para-hydroxylation sites is 1. The molecule has 10 heteroatoms. The fourth-order valence-corrected chi connectivity index (χ4v) is 3.82. The molecule has 0 radical (unpaired) electrons. The predicted octanol–water partition coefficient (Wildman–Crippen LogP) is 1.41. The predicted molar refractivity (Wildman–Crippen MR) is 121 cm³/mol. The highest BCUT2D eigenvalue weighted by Gasteiger charge is 2.16. The molecule has 0 fully saturated rings. The van der Waals surface area contributed by atoms with Crippen LogP contribution in [0.15, 0.2) is 69.9 Å². The zero-order chi connectivity index (χ0) is 22.9. The molecule has 0 saturated carbocycles. The van der Waals surface area contributed by atoms with E-state index in [9.17, 15) is 9.59 Å². The number of hydrogen-bond donors (Lipinski definition) is 3. The fourth-order valence-electron chi connectivity index (χ4n) is 3.82. The number of anilines is 1. The van der Waals surface area contributed by atoms with E-state index in [1.807, 2.05) is 48.0 Å². The summed E-state index contributed by atoms with van der Waals surface area (Å²) < 4.78 is 15.1. The van der Waals surface area contributed by atoms with Gasteiger partial charge in [-0.1, -0.05) is 24.3 Å². The van der Waals surface area contributed by atoms with Gasteiger partial charge in [0.1, 0.15) is 11.9 Å². The van der Waals surface area contributed by atoms with Crippen LogP contribution in [0.5, 0.6) is 11.5 Å². The van der Waals surface area contributed by atoms with Gasteiger partial charge in [0, 0.05) is 0 Å². The maximum atomic E-state index is 12.7. The molecule has 168 valence electrons. The third kappa shape index (κ3) is 4.05. The van der Waals surface area contributed by atoms with Crippen molar-refractivity contribution < 1.29 is 14.0 Å². The van der Waals surface area contributed by atoms with Gasteiger partial charge in [0.2, 0.25) is 6.79 Å². The van der Waals surface area contributed by atoms with Crippen LogP contribution in [-0.4, -0.2) is 26.1 Å². The number of aromatic amines is 2. The molecule has 5 rings (SSSR count). The van der Waals surface area contributed by atoms with Crippen LogP contribution >= 0.6 is 0 Å². The minimum absolute atomic E-state index is 0.231. The number of hydrogen-bond acceptors (Lipinski definition) is 5. The molecule has 33 heavy (non-hydrogen) atoms. The first-order valence-electron chi connectivity index (χ1n) is 10.4. The lowest BCUT2D eigenvalue weighted by Crippen LogP contribution is -2.35. The number of H-pyrrole nitrogens is 2. The third-order valence-corrected chi connectivity index (χ3v) is 5.35. The molecule has 1 aliphatic heterocycles. The number of allylic oxidation sites excluding steroid dienone is 1. The number of fused-ring (bicyclic) bond motifs is 1. The number of nitrogens with one attached hydrogen (secondary N) is 2. The summed E-state index contributed by atoms with van der Waals surface area (Å²) >= 11 is 0. The second-order valence-electron chi connectivity index (χ2n) is 7.86. The zero-order valence-electron chi connectivity index (χ0n) is 17.9. The van der Waals surface area contributed by atoms with Crippen molar-refractivity contribution >= 4 is 12.0 Å². The largest absolute Gasteiger partial charge is 0.454 e. The van der Waals surface area contributed by atoms with E-state index in [4.69, 9.17) is 15.2 Å². The molecule has 4 N–H and O–H groups in total. The summed E-state index contributed by atoms with van der Waals surface area (Å²) in [7, 11) is 0. The number of benzene rings is 2. The van der Waals surface area contributed by atoms with Crippen LogP contribution in [0.25, 0.3) is 11.8 Å². The maximum absolute atomic E-state index is 12.7. The SMILES string of the molecule is C/C(=C/c1c[n+](Cc2ccc3c(c2)OCO3)c(N)[nH]1)Cn1[nH]c(=O)n(-c2ccccc2)c1=O. The molecular formula is C23H23N6O4+. The molecular weight excluding hydrogens is 424 g/mol. The summed E-state index contributed by atoms with van der Waals surface area (Å²) in [4.78, 5) is 28.2. The van der Waals surface area contributed by atoms with Gasteiger partial charge < -0.3 is 9.47 Å². The van der Waals surface area contributed by atoms with Gasteiger partial charge in [-0.25, -0.2) is 33.5 Å². The summed E-state index contributed by atoms with van der Waals surface area (Å²) in [5, 5.41) is 2.61. The van der Waals surface area contributed by atoms with Crippen molar-refractivity contribution in [3.05, 3.63) is 92.5 Å². The number of imidazole rings is 1. The maximum Gasteiger partial charge on any atom is 0.353 e. The van der Waals surface area contributed by atoms with E-state index < -0.39 is 11.4 Å². The van der Waals surface area contributed by atoms with Gasteiger partial charge in [0.05, 0.1) is 18.8 Å². The van der Waals surface area contributed by atoms with Crippen molar-refractivity contribution in [1.82, 2.24) is 19.3 Å². The van der Waals surface area contributed by atoms with Gasteiger partial charge >= 0.3 is 17.3 Å². The Morgan fingerprint density at radius 3 is 2.76 bits per heavy atom. The molecule has 0 atom stereocenters. The topological polar surface area (TPSA) is 124 Å². The van der Waals surface area contributed by atoms with Crippen molar-refractivity contribution in [2.24, 2.45) is 0 Å². The molecule has 4 aromatic rings. The second kappa shape index (κ2) is 8.23. The van der Waals surface area contributed by atoms with Gasteiger partial charge in [-0.2, -0.15) is 0 Å². The number of nitrogens with two attached hydrogens (primary N) is 1. The average Bonchev–Trinajstić information content (AvgIpc) is 3.46. The van der Waals surface area contributed by atoms with Crippen molar-refractivity contribution in [1.29, 1.82) is 0 Å². The normalized spacial score (nSPS) is 12.9. The molecule has 1 aliphatic rings. The van der Waals surface area contributed by atoms with Crippen molar-refractivity contribution in [3.63, 3.8) is 0 Å². The van der Waals surface area contributed by atoms with Gasteiger partial charge in [0.25, 0.3) is 0 Å². The molecule has 0 spiro atoms. The first-order valence-corrected chi connectivity index (χ1v) is 10.4. The highest BCUT2D eigenvalue weighted by atomic mass is 16.7. The Balaban J connectivity index is 1.34. The Labute approximate surface area is 188 Å². The van der Waals surface area contributed by atoms with Crippen molar-refractivity contribution in [3.8, 4) is 17.2 Å². The molecule has 10 nitrogen and oxygen atoms in total. The Kier molecular flexibility index (Phi) is 5.09. The number of nitrogens with zero attached hydrogens (tertiary/aromatic N) is 3. The van der Waals surface area contributed by atoms with Gasteiger partial charge in [-0.3, -0.25) is 5.73 Å². The lowest BCUT2D eigenvalue weighted by Gasteiger charge is -2.02. The van der Waals surface area contributed by atoms with Crippen LogP contribution in [0, 0.1) is 0 Å². The highest BCUT2D eigenvalue weighted by molar-refractivity contribution is 5.48. The van der Waals surface area contributed by atoms with E-state index in [1.54, 1.807) is 24.3 Å². The molecule has 0 aliphatic carbocycles. The number of rotatable bonds is 6. The van der Waals surface area contributed by atoms with E-state index in [1.165, 1.54) is 4.68 Å². The molecule has 2 aromatic carbocycles. The van der Waals surface area contributed by atoms with Gasteiger partial charge in [-0.15, -0.1) is 0 Å². The molecule has 3 heterocycles. The number of ether oxygens (including phenoxy) is 2. The lowest BCUT2D eigenvalue weighted by molar-refractivity contribution is -0.672. The Morgan fingerprint density at radius 1 is 1.15 bits per heavy atom. The molecule has 0 bridgehead atoms. The highest BCUT2D eigenvalue weighted by Crippen LogP contribution is 2.32. The average molecular weight is 447 g/mol. The van der Waals surface area contributed by atoms with Crippen LogP contribution in [0.2, 0.25) is 0 Å². The summed E-state index contributed by atoms with van der Waals surface area (Å²) in [6.07, 6.45) is 3.78. The minimum atomic E-state index is -0.482. The standard InChI is InChI=1S/C23H22N6O4/c1-15(11-28-23(31)29(22(30)26-28)18-5-3-2-4-6-18)9-17-13-27(21(24)25-17)12-16-7-8-19-20(10-16)33-14-32-19/h2-10,13H,11-12,14H2,1H3,(H3,24,25,26,30)/p+1/b15-9-. The molecule has 0 saturated heterocycles.